The Hall–Kier alpha value is -0.730. The Kier molecular flexibility index (Phi) is 3.13. The first kappa shape index (κ1) is 11.7. The summed E-state index contributed by atoms with van der Waals surface area (Å²) < 4.78 is 4.14. The van der Waals surface area contributed by atoms with Crippen LogP contribution >= 0.6 is 23.2 Å². The second-order valence-corrected chi connectivity index (χ2v) is 5.42. The van der Waals surface area contributed by atoms with Crippen molar-refractivity contribution in [3.8, 4) is 0 Å². The highest BCUT2D eigenvalue weighted by molar-refractivity contribution is 6.52. The first-order valence-corrected chi connectivity index (χ1v) is 5.85. The van der Waals surface area contributed by atoms with E-state index in [0.29, 0.717) is 0 Å². The maximum Gasteiger partial charge on any atom is 0.302 e. The number of benzene rings is 1. The van der Waals surface area contributed by atoms with E-state index in [4.69, 9.17) is 27.9 Å². The predicted octanol–water partition coefficient (Wildman–Crippen LogP) is 3.14. The van der Waals surface area contributed by atoms with Crippen LogP contribution in [0.1, 0.15) is 18.4 Å². The zero-order valence-corrected chi connectivity index (χ0v) is 10.3. The van der Waals surface area contributed by atoms with Gasteiger partial charge in [-0.3, -0.25) is 4.79 Å². The Morgan fingerprint density at radius 1 is 1.38 bits per heavy atom. The van der Waals surface area contributed by atoms with E-state index < -0.39 is 4.33 Å². The van der Waals surface area contributed by atoms with E-state index >= 15 is 0 Å². The molecule has 0 radical (unpaired) electrons. The first-order chi connectivity index (χ1) is 7.53. The summed E-state index contributed by atoms with van der Waals surface area (Å²) in [6.07, 6.45) is 0. The predicted molar refractivity (Wildman–Crippen MR) is 63.7 cm³/mol. The van der Waals surface area contributed by atoms with Crippen molar-refractivity contribution in [2.75, 3.05) is 6.61 Å². The lowest BCUT2D eigenvalue weighted by Crippen LogP contribution is -2.05. The number of ether oxygens (including phenoxy) is 1. The van der Waals surface area contributed by atoms with Gasteiger partial charge < -0.3 is 4.74 Å². The number of rotatable bonds is 3. The lowest BCUT2D eigenvalue weighted by Gasteiger charge is -2.00. The molecule has 0 aromatic heterocycles. The lowest BCUT2D eigenvalue weighted by atomic mass is 10.1. The molecule has 1 aliphatic carbocycles. The standard InChI is InChI=1S/C12H12Cl2O2/c1-8(15)16-7-10-11(12(10,13)14)9-5-3-2-4-6-9/h2-6,10-11H,7H2,1H3/t10-,11-/m0/s1. The zero-order valence-electron chi connectivity index (χ0n) is 8.82. The molecule has 1 aromatic rings. The van der Waals surface area contributed by atoms with Crippen LogP contribution in [0.3, 0.4) is 0 Å². The van der Waals surface area contributed by atoms with Crippen LogP contribution < -0.4 is 0 Å². The van der Waals surface area contributed by atoms with E-state index in [1.165, 1.54) is 6.92 Å². The van der Waals surface area contributed by atoms with Gasteiger partial charge in [0.15, 0.2) is 0 Å². The number of carbonyl (C=O) groups excluding carboxylic acids is 1. The molecule has 0 aliphatic heterocycles. The first-order valence-electron chi connectivity index (χ1n) is 5.09. The van der Waals surface area contributed by atoms with Crippen molar-refractivity contribution in [3.63, 3.8) is 0 Å². The van der Waals surface area contributed by atoms with Gasteiger partial charge in [0.2, 0.25) is 0 Å². The van der Waals surface area contributed by atoms with Crippen LogP contribution in [0, 0.1) is 5.92 Å². The Morgan fingerprint density at radius 3 is 2.56 bits per heavy atom. The lowest BCUT2D eigenvalue weighted by molar-refractivity contribution is -0.141. The number of alkyl halides is 2. The Balaban J connectivity index is 2.05. The van der Waals surface area contributed by atoms with Gasteiger partial charge in [-0.25, -0.2) is 0 Å². The van der Waals surface area contributed by atoms with Crippen molar-refractivity contribution >= 4 is 29.2 Å². The molecule has 1 fully saturated rings. The van der Waals surface area contributed by atoms with Gasteiger partial charge in [0.05, 0.1) is 6.61 Å². The normalized spacial score (nSPS) is 26.2. The van der Waals surface area contributed by atoms with Crippen LogP contribution in [-0.4, -0.2) is 16.9 Å². The monoisotopic (exact) mass is 258 g/mol. The Labute approximate surface area is 104 Å². The van der Waals surface area contributed by atoms with Crippen molar-refractivity contribution in [1.29, 1.82) is 0 Å². The third kappa shape index (κ3) is 2.18. The van der Waals surface area contributed by atoms with Crippen LogP contribution in [0.25, 0.3) is 0 Å². The highest BCUT2D eigenvalue weighted by atomic mass is 35.5. The van der Waals surface area contributed by atoms with Crippen LogP contribution in [0.2, 0.25) is 0 Å². The molecule has 2 atom stereocenters. The van der Waals surface area contributed by atoms with Gasteiger partial charge in [0.25, 0.3) is 0 Å². The summed E-state index contributed by atoms with van der Waals surface area (Å²) in [5, 5.41) is 0. The average molecular weight is 259 g/mol. The largest absolute Gasteiger partial charge is 0.465 e. The van der Waals surface area contributed by atoms with Gasteiger partial charge in [-0.1, -0.05) is 30.3 Å². The van der Waals surface area contributed by atoms with E-state index in [1.54, 1.807) is 0 Å². The molecule has 0 bridgehead atoms. The van der Waals surface area contributed by atoms with Crippen molar-refractivity contribution < 1.29 is 9.53 Å². The number of carbonyl (C=O) groups is 1. The van der Waals surface area contributed by atoms with Crippen molar-refractivity contribution in [3.05, 3.63) is 35.9 Å². The molecule has 2 nitrogen and oxygen atoms in total. The molecule has 1 aromatic carbocycles. The van der Waals surface area contributed by atoms with E-state index in [9.17, 15) is 4.79 Å². The van der Waals surface area contributed by atoms with Crippen molar-refractivity contribution in [2.45, 2.75) is 17.2 Å². The second-order valence-electron chi connectivity index (χ2n) is 3.97. The van der Waals surface area contributed by atoms with Gasteiger partial charge in [-0.2, -0.15) is 0 Å². The molecule has 4 heteroatoms. The summed E-state index contributed by atoms with van der Waals surface area (Å²) in [6, 6.07) is 9.80. The molecule has 0 amide bonds. The molecule has 1 saturated carbocycles. The van der Waals surface area contributed by atoms with Gasteiger partial charge in [-0.15, -0.1) is 23.2 Å². The molecule has 1 aliphatic rings. The van der Waals surface area contributed by atoms with E-state index in [1.807, 2.05) is 30.3 Å². The molecular formula is C12H12Cl2O2. The van der Waals surface area contributed by atoms with E-state index in [-0.39, 0.29) is 24.4 Å². The fourth-order valence-electron chi connectivity index (χ4n) is 1.92. The summed E-state index contributed by atoms with van der Waals surface area (Å²) in [7, 11) is 0. The maximum absolute atomic E-state index is 10.7. The van der Waals surface area contributed by atoms with Crippen LogP contribution in [0.4, 0.5) is 0 Å². The summed E-state index contributed by atoms with van der Waals surface area (Å²) in [6.45, 7) is 1.66. The minimum Gasteiger partial charge on any atom is -0.465 e. The second kappa shape index (κ2) is 4.27. The molecule has 0 spiro atoms. The Bertz CT molecular complexity index is 389. The fraction of sp³-hybridized carbons (Fsp3) is 0.417. The molecule has 0 saturated heterocycles. The smallest absolute Gasteiger partial charge is 0.302 e. The van der Waals surface area contributed by atoms with Gasteiger partial charge in [-0.05, 0) is 5.56 Å². The molecule has 2 rings (SSSR count). The van der Waals surface area contributed by atoms with Crippen LogP contribution in [0.15, 0.2) is 30.3 Å². The molecule has 0 unspecified atom stereocenters. The quantitative estimate of drug-likeness (QED) is 0.615. The SMILES string of the molecule is CC(=O)OC[C@H]1[C@H](c2ccccc2)C1(Cl)Cl. The van der Waals surface area contributed by atoms with Crippen molar-refractivity contribution in [2.24, 2.45) is 5.92 Å². The molecule has 0 heterocycles. The molecule has 86 valence electrons. The highest BCUT2D eigenvalue weighted by Crippen LogP contribution is 2.64. The van der Waals surface area contributed by atoms with Crippen LogP contribution in [0.5, 0.6) is 0 Å². The molecule has 16 heavy (non-hydrogen) atoms. The van der Waals surface area contributed by atoms with Gasteiger partial charge >= 0.3 is 5.97 Å². The summed E-state index contributed by atoms with van der Waals surface area (Å²) in [4.78, 5) is 10.7. The molecular weight excluding hydrogens is 247 g/mol. The highest BCUT2D eigenvalue weighted by Gasteiger charge is 2.64. The number of halogens is 2. The number of esters is 1. The van der Waals surface area contributed by atoms with Gasteiger partial charge in [0, 0.05) is 18.8 Å². The average Bonchev–Trinajstić information content (AvgIpc) is 2.79. The fourth-order valence-corrected chi connectivity index (χ4v) is 2.73. The van der Waals surface area contributed by atoms with E-state index in [2.05, 4.69) is 0 Å². The minimum absolute atomic E-state index is 0.0119. The van der Waals surface area contributed by atoms with Crippen molar-refractivity contribution in [1.82, 2.24) is 0 Å². The third-order valence-electron chi connectivity index (χ3n) is 2.83. The summed E-state index contributed by atoms with van der Waals surface area (Å²) in [5.74, 6) is -0.263. The number of hydrogen-bond acceptors (Lipinski definition) is 2. The van der Waals surface area contributed by atoms with E-state index in [0.717, 1.165) is 5.56 Å². The number of hydrogen-bond donors (Lipinski definition) is 0. The zero-order chi connectivity index (χ0) is 11.8. The topological polar surface area (TPSA) is 26.3 Å². The third-order valence-corrected chi connectivity index (χ3v) is 3.86. The summed E-state index contributed by atoms with van der Waals surface area (Å²) in [5.41, 5.74) is 1.09. The molecule has 0 N–H and O–H groups in total. The maximum atomic E-state index is 10.7. The summed E-state index contributed by atoms with van der Waals surface area (Å²) >= 11 is 12.3. The Morgan fingerprint density at radius 2 is 2.00 bits per heavy atom. The van der Waals surface area contributed by atoms with Crippen LogP contribution in [-0.2, 0) is 9.53 Å². The minimum atomic E-state index is -0.809. The van der Waals surface area contributed by atoms with Gasteiger partial charge in [0.1, 0.15) is 4.33 Å².